The van der Waals surface area contributed by atoms with Crippen LogP contribution in [0.3, 0.4) is 0 Å². The average molecular weight is 792 g/mol. The number of fused-ring (bicyclic) bond motifs is 4. The lowest BCUT2D eigenvalue weighted by molar-refractivity contribution is -0.000492. The number of benzene rings is 4. The normalized spacial score (nSPS) is 15.7. The minimum Gasteiger partial charge on any atom is -0.381 e. The molecule has 2 fully saturated rings. The van der Waals surface area contributed by atoms with Crippen molar-refractivity contribution in [1.82, 2.24) is 4.98 Å². The van der Waals surface area contributed by atoms with E-state index in [2.05, 4.69) is 15.5 Å². The van der Waals surface area contributed by atoms with Gasteiger partial charge in [0.05, 0.1) is 21.6 Å². The van der Waals surface area contributed by atoms with E-state index in [1.54, 1.807) is 30.3 Å². The third kappa shape index (κ3) is 6.88. The van der Waals surface area contributed by atoms with Crippen LogP contribution in [0, 0.1) is 28.7 Å². The molecule has 0 aliphatic carbocycles. The molecule has 6 aromatic rings. The number of amides is 3. The lowest BCUT2D eigenvalue weighted by Gasteiger charge is -2.53. The van der Waals surface area contributed by atoms with Crippen LogP contribution in [0.15, 0.2) is 91.0 Å². The number of rotatable bonds is 6. The van der Waals surface area contributed by atoms with E-state index in [0.29, 0.717) is 50.8 Å². The van der Waals surface area contributed by atoms with E-state index >= 15 is 0 Å². The fraction of sp³-hybridized carbons (Fsp3) is 0.209. The molecule has 2 saturated heterocycles. The summed E-state index contributed by atoms with van der Waals surface area (Å²) in [6, 6.07) is 22.5. The molecule has 0 saturated carbocycles. The number of carbonyl (C=O) groups excluding carboxylic acids is 3. The van der Waals surface area contributed by atoms with Gasteiger partial charge in [0, 0.05) is 77.5 Å². The summed E-state index contributed by atoms with van der Waals surface area (Å²) in [7, 11) is 0. The topological polar surface area (TPSA) is 104 Å². The van der Waals surface area contributed by atoms with Crippen molar-refractivity contribution in [3.63, 3.8) is 0 Å². The number of hydrogen-bond acceptors (Lipinski definition) is 7. The summed E-state index contributed by atoms with van der Waals surface area (Å²) < 4.78 is 62.3. The maximum atomic E-state index is 14.8. The number of anilines is 4. The third-order valence-electron chi connectivity index (χ3n) is 10.9. The Morgan fingerprint density at radius 2 is 1.53 bits per heavy atom. The molecule has 9 rings (SSSR count). The van der Waals surface area contributed by atoms with Crippen molar-refractivity contribution in [2.45, 2.75) is 19.3 Å². The zero-order valence-electron chi connectivity index (χ0n) is 30.2. The van der Waals surface area contributed by atoms with E-state index in [1.807, 2.05) is 30.3 Å². The van der Waals surface area contributed by atoms with Gasteiger partial charge in [0.2, 0.25) is 0 Å². The standard InChI is InChI=1S/C43H33F4N5O4S/c44-27-7-10-30-35(21-27)52(14-11-26-18-36(57-38(26)30)41(54)50-37-32(46)19-28(45)20-33(37)47)42(55)24-5-8-29(9-6-24)48-40(53)31-17-25-3-1-2-4-34(25)49-39(31)51-22-43(23-51)12-15-56-16-13-43/h1-10,17-21H,11-16,22-23H2,(H,48,53)(H,50,54). The number of aromatic nitrogens is 1. The largest absolute Gasteiger partial charge is 0.381 e. The van der Waals surface area contributed by atoms with Crippen LogP contribution in [0.2, 0.25) is 0 Å². The summed E-state index contributed by atoms with van der Waals surface area (Å²) >= 11 is 1.02. The summed E-state index contributed by atoms with van der Waals surface area (Å²) in [6.07, 6.45) is 2.23. The number of ether oxygens (including phenoxy) is 1. The van der Waals surface area contributed by atoms with Crippen LogP contribution in [-0.2, 0) is 11.2 Å². The van der Waals surface area contributed by atoms with Crippen molar-refractivity contribution in [2.24, 2.45) is 5.41 Å². The molecular weight excluding hydrogens is 759 g/mol. The van der Waals surface area contributed by atoms with E-state index in [4.69, 9.17) is 9.72 Å². The molecule has 57 heavy (non-hydrogen) atoms. The molecule has 5 heterocycles. The van der Waals surface area contributed by atoms with Crippen LogP contribution in [0.5, 0.6) is 0 Å². The van der Waals surface area contributed by atoms with Crippen molar-refractivity contribution in [2.75, 3.05) is 53.3 Å². The van der Waals surface area contributed by atoms with Crippen LogP contribution in [0.1, 0.15) is 48.8 Å². The Morgan fingerprint density at radius 3 is 2.28 bits per heavy atom. The summed E-state index contributed by atoms with van der Waals surface area (Å²) in [5, 5.41) is 5.99. The van der Waals surface area contributed by atoms with Crippen molar-refractivity contribution in [3.05, 3.63) is 136 Å². The van der Waals surface area contributed by atoms with Gasteiger partial charge in [-0.1, -0.05) is 18.2 Å². The minimum absolute atomic E-state index is 0.121. The minimum atomic E-state index is -1.26. The van der Waals surface area contributed by atoms with E-state index in [1.165, 1.54) is 23.1 Å². The number of para-hydroxylation sites is 1. The number of nitrogens with zero attached hydrogens (tertiary/aromatic N) is 3. The Labute approximate surface area is 327 Å². The van der Waals surface area contributed by atoms with Gasteiger partial charge in [0.1, 0.15) is 23.1 Å². The maximum absolute atomic E-state index is 14.8. The van der Waals surface area contributed by atoms with Crippen molar-refractivity contribution < 1.29 is 36.7 Å². The summed E-state index contributed by atoms with van der Waals surface area (Å²) in [4.78, 5) is 50.3. The van der Waals surface area contributed by atoms with Crippen LogP contribution in [-0.4, -0.2) is 55.6 Å². The predicted octanol–water partition coefficient (Wildman–Crippen LogP) is 8.84. The lowest BCUT2D eigenvalue weighted by Crippen LogP contribution is -2.59. The highest BCUT2D eigenvalue weighted by atomic mass is 32.1. The first kappa shape index (κ1) is 36.5. The second-order valence-corrected chi connectivity index (χ2v) is 15.6. The quantitative estimate of drug-likeness (QED) is 0.164. The van der Waals surface area contributed by atoms with Gasteiger partial charge in [-0.15, -0.1) is 11.3 Å². The van der Waals surface area contributed by atoms with Gasteiger partial charge in [-0.25, -0.2) is 22.5 Å². The average Bonchev–Trinajstić information content (AvgIpc) is 3.56. The number of pyridine rings is 1. The Kier molecular flexibility index (Phi) is 9.24. The van der Waals surface area contributed by atoms with Crippen molar-refractivity contribution in [1.29, 1.82) is 0 Å². The SMILES string of the molecule is O=C(Nc1c(F)cc(F)cc1F)c1cc2c(s1)-c1ccc(F)cc1N(C(=O)c1ccc(NC(=O)c3cc4ccccc4nc3N3CC4(CCOCC4)C3)cc1)CC2. The molecule has 0 unspecified atom stereocenters. The molecule has 0 radical (unpaired) electrons. The molecule has 3 amide bonds. The number of thiophene rings is 1. The molecule has 4 aromatic carbocycles. The van der Waals surface area contributed by atoms with Crippen molar-refractivity contribution >= 4 is 62.8 Å². The van der Waals surface area contributed by atoms with Crippen LogP contribution >= 0.6 is 11.3 Å². The van der Waals surface area contributed by atoms with Gasteiger partial charge in [-0.05, 0) is 85.5 Å². The van der Waals surface area contributed by atoms with Gasteiger partial charge >= 0.3 is 0 Å². The number of halogens is 4. The number of hydrogen-bond donors (Lipinski definition) is 2. The molecule has 2 N–H and O–H groups in total. The highest BCUT2D eigenvalue weighted by Crippen LogP contribution is 2.44. The van der Waals surface area contributed by atoms with E-state index in [9.17, 15) is 31.9 Å². The maximum Gasteiger partial charge on any atom is 0.265 e. The van der Waals surface area contributed by atoms with Crippen LogP contribution in [0.25, 0.3) is 21.3 Å². The fourth-order valence-electron chi connectivity index (χ4n) is 7.87. The molecule has 0 bridgehead atoms. The van der Waals surface area contributed by atoms with Gasteiger partial charge in [0.25, 0.3) is 17.7 Å². The molecule has 3 aliphatic rings. The van der Waals surface area contributed by atoms with E-state index in [-0.39, 0.29) is 34.9 Å². The van der Waals surface area contributed by atoms with Gasteiger partial charge in [-0.2, -0.15) is 0 Å². The highest BCUT2D eigenvalue weighted by molar-refractivity contribution is 7.17. The first-order valence-corrected chi connectivity index (χ1v) is 19.2. The second kappa shape index (κ2) is 14.4. The zero-order valence-corrected chi connectivity index (χ0v) is 31.0. The summed E-state index contributed by atoms with van der Waals surface area (Å²) in [5.41, 5.74) is 2.86. The number of carbonyl (C=O) groups is 3. The monoisotopic (exact) mass is 791 g/mol. The fourth-order valence-corrected chi connectivity index (χ4v) is 9.01. The van der Waals surface area contributed by atoms with Crippen molar-refractivity contribution in [3.8, 4) is 10.4 Å². The molecule has 1 spiro atoms. The Bertz CT molecular complexity index is 2580. The van der Waals surface area contributed by atoms with Crippen LogP contribution in [0.4, 0.5) is 40.4 Å². The first-order chi connectivity index (χ1) is 27.5. The Hall–Kier alpha value is -6.12. The van der Waals surface area contributed by atoms with E-state index in [0.717, 1.165) is 61.4 Å². The highest BCUT2D eigenvalue weighted by Gasteiger charge is 2.45. The van der Waals surface area contributed by atoms with Gasteiger partial charge in [0.15, 0.2) is 11.6 Å². The molecule has 2 aromatic heterocycles. The third-order valence-corrected chi connectivity index (χ3v) is 12.1. The molecule has 3 aliphatic heterocycles. The molecule has 0 atom stereocenters. The Balaban J connectivity index is 0.938. The Morgan fingerprint density at radius 1 is 0.789 bits per heavy atom. The van der Waals surface area contributed by atoms with Gasteiger partial charge < -0.3 is 25.2 Å². The molecule has 288 valence electrons. The zero-order chi connectivity index (χ0) is 39.4. The lowest BCUT2D eigenvalue weighted by atomic mass is 9.73. The predicted molar refractivity (Wildman–Crippen MR) is 210 cm³/mol. The summed E-state index contributed by atoms with van der Waals surface area (Å²) in [5.74, 6) is -5.13. The van der Waals surface area contributed by atoms with E-state index < -0.39 is 40.8 Å². The molecular formula is C43H33F4N5O4S. The second-order valence-electron chi connectivity index (χ2n) is 14.6. The first-order valence-electron chi connectivity index (χ1n) is 18.4. The summed E-state index contributed by atoms with van der Waals surface area (Å²) in [6.45, 7) is 3.19. The molecule has 9 nitrogen and oxygen atoms in total. The smallest absolute Gasteiger partial charge is 0.265 e. The molecule has 14 heteroatoms. The van der Waals surface area contributed by atoms with Crippen LogP contribution < -0.4 is 20.4 Å². The van der Waals surface area contributed by atoms with Gasteiger partial charge in [-0.3, -0.25) is 14.4 Å². The number of nitrogens with one attached hydrogen (secondary N) is 2.